The summed E-state index contributed by atoms with van der Waals surface area (Å²) in [6, 6.07) is 2.12. The van der Waals surface area contributed by atoms with Crippen molar-refractivity contribution < 1.29 is 0 Å². The number of nitrogens with two attached hydrogens (primary N) is 1. The standard InChI is InChI=1S/C9H15N7.HI/c1-7(2)14-9(11)12-3-4-16-6-13-8(5-10)15-16;/h6-7H,3-4H2,1-2H3,(H3,11,12,14);1H. The van der Waals surface area contributed by atoms with E-state index in [2.05, 4.69) is 20.4 Å². The van der Waals surface area contributed by atoms with Crippen LogP contribution in [0, 0.1) is 11.3 Å². The Labute approximate surface area is 117 Å². The zero-order chi connectivity index (χ0) is 12.0. The highest BCUT2D eigenvalue weighted by molar-refractivity contribution is 14.0. The smallest absolute Gasteiger partial charge is 0.252 e. The molecule has 0 unspecified atom stereocenters. The predicted octanol–water partition coefficient (Wildman–Crippen LogP) is 0.0805. The molecule has 0 bridgehead atoms. The number of hydrogen-bond donors (Lipinski definition) is 2. The van der Waals surface area contributed by atoms with Gasteiger partial charge in [-0.25, -0.2) is 9.67 Å². The number of nitrogens with zero attached hydrogens (tertiary/aromatic N) is 5. The van der Waals surface area contributed by atoms with Crippen LogP contribution in [0.25, 0.3) is 0 Å². The molecule has 94 valence electrons. The van der Waals surface area contributed by atoms with Gasteiger partial charge in [-0.1, -0.05) is 0 Å². The van der Waals surface area contributed by atoms with Gasteiger partial charge in [0.15, 0.2) is 5.96 Å². The number of nitrogens with one attached hydrogen (secondary N) is 1. The molecular weight excluding hydrogens is 333 g/mol. The van der Waals surface area contributed by atoms with Gasteiger partial charge in [0, 0.05) is 6.04 Å². The van der Waals surface area contributed by atoms with Crippen molar-refractivity contribution >= 4 is 29.9 Å². The van der Waals surface area contributed by atoms with Crippen molar-refractivity contribution in [2.45, 2.75) is 26.4 Å². The van der Waals surface area contributed by atoms with Crippen LogP contribution in [0.3, 0.4) is 0 Å². The zero-order valence-electron chi connectivity index (χ0n) is 9.79. The second-order valence-corrected chi connectivity index (χ2v) is 3.51. The van der Waals surface area contributed by atoms with E-state index in [1.165, 1.54) is 6.33 Å². The molecule has 1 aromatic rings. The molecule has 0 aliphatic rings. The van der Waals surface area contributed by atoms with Gasteiger partial charge in [0.1, 0.15) is 12.4 Å². The summed E-state index contributed by atoms with van der Waals surface area (Å²) in [4.78, 5) is 7.88. The lowest BCUT2D eigenvalue weighted by molar-refractivity contribution is 0.618. The van der Waals surface area contributed by atoms with E-state index in [0.29, 0.717) is 19.0 Å². The molecule has 0 spiro atoms. The number of aromatic nitrogens is 3. The largest absolute Gasteiger partial charge is 0.370 e. The molecule has 0 radical (unpaired) electrons. The zero-order valence-corrected chi connectivity index (χ0v) is 12.1. The summed E-state index contributed by atoms with van der Waals surface area (Å²) in [5, 5.41) is 15.4. The molecule has 0 amide bonds. The third-order valence-electron chi connectivity index (χ3n) is 1.68. The van der Waals surface area contributed by atoms with E-state index in [1.54, 1.807) is 4.68 Å². The topological polar surface area (TPSA) is 105 Å². The van der Waals surface area contributed by atoms with Crippen LogP contribution in [0.5, 0.6) is 0 Å². The number of aliphatic imine (C=N–C) groups is 1. The molecular formula is C9H16IN7. The summed E-state index contributed by atoms with van der Waals surface area (Å²) in [7, 11) is 0. The van der Waals surface area contributed by atoms with Crippen molar-refractivity contribution in [2.75, 3.05) is 6.54 Å². The maximum Gasteiger partial charge on any atom is 0.252 e. The van der Waals surface area contributed by atoms with E-state index >= 15 is 0 Å². The van der Waals surface area contributed by atoms with Crippen LogP contribution in [-0.4, -0.2) is 33.3 Å². The molecule has 0 fully saturated rings. The van der Waals surface area contributed by atoms with Crippen molar-refractivity contribution in [1.82, 2.24) is 20.1 Å². The first-order valence-corrected chi connectivity index (χ1v) is 4.98. The van der Waals surface area contributed by atoms with E-state index in [1.807, 2.05) is 19.9 Å². The summed E-state index contributed by atoms with van der Waals surface area (Å²) in [5.41, 5.74) is 5.61. The molecule has 7 nitrogen and oxygen atoms in total. The highest BCUT2D eigenvalue weighted by Gasteiger charge is 1.98. The molecule has 0 atom stereocenters. The first kappa shape index (κ1) is 15.6. The molecule has 8 heteroatoms. The number of hydrogen-bond acceptors (Lipinski definition) is 4. The highest BCUT2D eigenvalue weighted by Crippen LogP contribution is 1.87. The molecule has 1 heterocycles. The Morgan fingerprint density at radius 1 is 1.71 bits per heavy atom. The fourth-order valence-corrected chi connectivity index (χ4v) is 1.07. The summed E-state index contributed by atoms with van der Waals surface area (Å²) in [6.07, 6.45) is 1.50. The van der Waals surface area contributed by atoms with Crippen LogP contribution in [0.1, 0.15) is 19.7 Å². The van der Waals surface area contributed by atoms with Gasteiger partial charge < -0.3 is 11.1 Å². The number of rotatable bonds is 4. The van der Waals surface area contributed by atoms with Gasteiger partial charge >= 0.3 is 0 Å². The highest BCUT2D eigenvalue weighted by atomic mass is 127. The molecule has 3 N–H and O–H groups in total. The molecule has 0 aliphatic heterocycles. The Morgan fingerprint density at radius 3 is 2.94 bits per heavy atom. The molecule has 0 saturated carbocycles. The normalized spacial score (nSPS) is 10.8. The predicted molar refractivity (Wildman–Crippen MR) is 74.9 cm³/mol. The molecule has 0 aliphatic carbocycles. The fourth-order valence-electron chi connectivity index (χ4n) is 1.07. The first-order valence-electron chi connectivity index (χ1n) is 4.98. The number of nitriles is 1. The lowest BCUT2D eigenvalue weighted by Gasteiger charge is -2.08. The molecule has 0 aromatic carbocycles. The minimum absolute atomic E-state index is 0. The fraction of sp³-hybridized carbons (Fsp3) is 0.556. The maximum absolute atomic E-state index is 8.52. The van der Waals surface area contributed by atoms with Gasteiger partial charge in [-0.05, 0) is 13.8 Å². The lowest BCUT2D eigenvalue weighted by Crippen LogP contribution is -2.37. The SMILES string of the molecule is CC(C)NC(N)=NCCn1cnc(C#N)n1.I. The van der Waals surface area contributed by atoms with Crippen LogP contribution in [0.15, 0.2) is 11.3 Å². The summed E-state index contributed by atoms with van der Waals surface area (Å²) >= 11 is 0. The minimum Gasteiger partial charge on any atom is -0.370 e. The second-order valence-electron chi connectivity index (χ2n) is 3.51. The molecule has 1 aromatic heterocycles. The minimum atomic E-state index is 0. The monoisotopic (exact) mass is 349 g/mol. The average Bonchev–Trinajstić information content (AvgIpc) is 2.64. The van der Waals surface area contributed by atoms with Gasteiger partial charge in [-0.3, -0.25) is 4.99 Å². The van der Waals surface area contributed by atoms with E-state index in [9.17, 15) is 0 Å². The Bertz CT molecular complexity index is 404. The Kier molecular flexibility index (Phi) is 7.20. The lowest BCUT2D eigenvalue weighted by atomic mass is 10.4. The third kappa shape index (κ3) is 6.06. The van der Waals surface area contributed by atoms with Crippen molar-refractivity contribution in [3.05, 3.63) is 12.2 Å². The van der Waals surface area contributed by atoms with Gasteiger partial charge in [0.25, 0.3) is 5.82 Å². The summed E-state index contributed by atoms with van der Waals surface area (Å²) in [6.45, 7) is 5.02. The quantitative estimate of drug-likeness (QED) is 0.455. The van der Waals surface area contributed by atoms with E-state index in [4.69, 9.17) is 11.0 Å². The van der Waals surface area contributed by atoms with Crippen molar-refractivity contribution in [2.24, 2.45) is 10.7 Å². The van der Waals surface area contributed by atoms with Gasteiger partial charge in [-0.15, -0.1) is 29.1 Å². The van der Waals surface area contributed by atoms with Crippen LogP contribution < -0.4 is 11.1 Å². The third-order valence-corrected chi connectivity index (χ3v) is 1.68. The van der Waals surface area contributed by atoms with E-state index < -0.39 is 0 Å². The summed E-state index contributed by atoms with van der Waals surface area (Å²) in [5.74, 6) is 0.577. The first-order chi connectivity index (χ1) is 7.61. The van der Waals surface area contributed by atoms with Crippen LogP contribution in [0.4, 0.5) is 0 Å². The van der Waals surface area contributed by atoms with Crippen molar-refractivity contribution in [3.63, 3.8) is 0 Å². The van der Waals surface area contributed by atoms with Crippen molar-refractivity contribution in [3.8, 4) is 6.07 Å². The van der Waals surface area contributed by atoms with E-state index in [-0.39, 0.29) is 35.8 Å². The Balaban J connectivity index is 0.00000256. The Morgan fingerprint density at radius 2 is 2.41 bits per heavy atom. The molecule has 17 heavy (non-hydrogen) atoms. The Hall–Kier alpha value is -1.37. The molecule has 0 saturated heterocycles. The average molecular weight is 349 g/mol. The molecule has 1 rings (SSSR count). The second kappa shape index (κ2) is 7.83. The van der Waals surface area contributed by atoms with Gasteiger partial charge in [0.05, 0.1) is 13.1 Å². The van der Waals surface area contributed by atoms with Crippen LogP contribution >= 0.6 is 24.0 Å². The van der Waals surface area contributed by atoms with Crippen LogP contribution in [0.2, 0.25) is 0 Å². The number of halogens is 1. The van der Waals surface area contributed by atoms with Gasteiger partial charge in [-0.2, -0.15) is 5.26 Å². The van der Waals surface area contributed by atoms with Gasteiger partial charge in [0.2, 0.25) is 0 Å². The van der Waals surface area contributed by atoms with Crippen molar-refractivity contribution in [1.29, 1.82) is 5.26 Å². The van der Waals surface area contributed by atoms with E-state index in [0.717, 1.165) is 0 Å². The summed E-state index contributed by atoms with van der Waals surface area (Å²) < 4.78 is 1.56. The number of guanidine groups is 1. The van der Waals surface area contributed by atoms with Crippen LogP contribution in [-0.2, 0) is 6.54 Å². The maximum atomic E-state index is 8.52.